The van der Waals surface area contributed by atoms with Crippen LogP contribution in [0.4, 0.5) is 0 Å². The molecule has 0 aromatic carbocycles. The molecule has 1 heterocycles. The van der Waals surface area contributed by atoms with Gasteiger partial charge in [-0.1, -0.05) is 34.1 Å². The Morgan fingerprint density at radius 2 is 1.69 bits per heavy atom. The van der Waals surface area contributed by atoms with Crippen LogP contribution in [0.25, 0.3) is 0 Å². The molecule has 3 amide bonds. The van der Waals surface area contributed by atoms with Crippen LogP contribution in [0, 0.1) is 11.8 Å². The van der Waals surface area contributed by atoms with Crippen LogP contribution in [0.3, 0.4) is 0 Å². The van der Waals surface area contributed by atoms with Gasteiger partial charge < -0.3 is 31.5 Å². The monoisotopic (exact) mass is 456 g/mol. The number of hydrogen-bond acceptors (Lipinski definition) is 6. The lowest BCUT2D eigenvalue weighted by molar-refractivity contribution is -0.145. The van der Waals surface area contributed by atoms with Crippen molar-refractivity contribution in [3.63, 3.8) is 0 Å². The summed E-state index contributed by atoms with van der Waals surface area (Å²) in [6.45, 7) is 7.66. The van der Waals surface area contributed by atoms with Crippen LogP contribution >= 0.6 is 0 Å². The predicted octanol–water partition coefficient (Wildman–Crippen LogP) is -0.0742. The van der Waals surface area contributed by atoms with Crippen LogP contribution in [0.1, 0.15) is 59.8 Å². The Balaban J connectivity index is 2.94. The highest BCUT2D eigenvalue weighted by atomic mass is 16.4. The highest BCUT2D eigenvalue weighted by molar-refractivity contribution is 5.95. The number of nitrogens with two attached hydrogens (primary N) is 1. The molecule has 0 bridgehead atoms. The van der Waals surface area contributed by atoms with Gasteiger partial charge in [0.05, 0.1) is 12.5 Å². The molecule has 6 N–H and O–H groups in total. The first-order chi connectivity index (χ1) is 14.9. The molecule has 182 valence electrons. The fourth-order valence-corrected chi connectivity index (χ4v) is 3.61. The fourth-order valence-electron chi connectivity index (χ4n) is 3.61. The number of nitrogens with zero attached hydrogens (tertiary/aromatic N) is 1. The third-order valence-electron chi connectivity index (χ3n) is 5.71. The molecule has 1 aliphatic heterocycles. The third-order valence-corrected chi connectivity index (χ3v) is 5.71. The predicted molar refractivity (Wildman–Crippen MR) is 115 cm³/mol. The van der Waals surface area contributed by atoms with E-state index >= 15 is 0 Å². The molecule has 0 radical (unpaired) electrons. The average Bonchev–Trinajstić information content (AvgIpc) is 3.20. The molecule has 5 atom stereocenters. The fraction of sp³-hybridized carbons (Fsp3) is 0.762. The number of amides is 3. The van der Waals surface area contributed by atoms with E-state index in [1.165, 1.54) is 4.90 Å². The van der Waals surface area contributed by atoms with E-state index in [-0.39, 0.29) is 24.2 Å². The van der Waals surface area contributed by atoms with Crippen molar-refractivity contribution in [2.75, 3.05) is 6.54 Å². The van der Waals surface area contributed by atoms with Gasteiger partial charge in [-0.2, -0.15) is 0 Å². The molecule has 0 aromatic heterocycles. The summed E-state index contributed by atoms with van der Waals surface area (Å²) in [4.78, 5) is 62.3. The lowest BCUT2D eigenvalue weighted by atomic mass is 9.98. The van der Waals surface area contributed by atoms with Crippen LogP contribution in [0.15, 0.2) is 0 Å². The van der Waals surface area contributed by atoms with Gasteiger partial charge >= 0.3 is 11.9 Å². The lowest BCUT2D eigenvalue weighted by Crippen LogP contribution is -2.57. The van der Waals surface area contributed by atoms with E-state index in [1.807, 2.05) is 13.8 Å². The summed E-state index contributed by atoms with van der Waals surface area (Å²) in [5.74, 6) is -4.62. The first kappa shape index (κ1) is 27.3. The minimum absolute atomic E-state index is 0.0308. The second-order valence-electron chi connectivity index (χ2n) is 8.79. The van der Waals surface area contributed by atoms with Crippen LogP contribution in [-0.2, 0) is 24.0 Å². The Morgan fingerprint density at radius 3 is 2.19 bits per heavy atom. The second kappa shape index (κ2) is 12.4. The third kappa shape index (κ3) is 7.77. The smallest absolute Gasteiger partial charge is 0.326 e. The van der Waals surface area contributed by atoms with Gasteiger partial charge in [0.2, 0.25) is 17.7 Å². The number of carboxylic acid groups (broad SMARTS) is 2. The molecule has 1 fully saturated rings. The molecule has 0 aliphatic carbocycles. The quantitative estimate of drug-likeness (QED) is 0.270. The molecule has 0 aromatic rings. The number of hydrogen-bond donors (Lipinski definition) is 5. The van der Waals surface area contributed by atoms with Crippen LogP contribution < -0.4 is 16.4 Å². The standard InChI is InChI=1S/C21H36N4O7/c1-5-12(4)17(22)20(30)25-8-6-7-15(25)19(29)23-13(10-16(26)27)18(28)24-14(21(31)32)9-11(2)3/h11-15,17H,5-10,22H2,1-4H3,(H,23,29)(H,24,28)(H,26,27)(H,31,32). The van der Waals surface area contributed by atoms with E-state index in [0.29, 0.717) is 25.8 Å². The molecule has 0 spiro atoms. The van der Waals surface area contributed by atoms with E-state index in [9.17, 15) is 34.2 Å². The SMILES string of the molecule is CCC(C)C(N)C(=O)N1CCCC1C(=O)NC(CC(=O)O)C(=O)NC(CC(C)C)C(=O)O. The van der Waals surface area contributed by atoms with Gasteiger partial charge in [0.15, 0.2) is 0 Å². The first-order valence-electron chi connectivity index (χ1n) is 11.0. The number of carbonyl (C=O) groups excluding carboxylic acids is 3. The Bertz CT molecular complexity index is 712. The van der Waals surface area contributed by atoms with Crippen molar-refractivity contribution < 1.29 is 34.2 Å². The van der Waals surface area contributed by atoms with Crippen LogP contribution in [-0.4, -0.2) is 75.5 Å². The number of carboxylic acids is 2. The highest BCUT2D eigenvalue weighted by Gasteiger charge is 2.39. The summed E-state index contributed by atoms with van der Waals surface area (Å²) in [6, 6.07) is -4.32. The minimum Gasteiger partial charge on any atom is -0.481 e. The van der Waals surface area contributed by atoms with Crippen LogP contribution in [0.2, 0.25) is 0 Å². The molecule has 5 unspecified atom stereocenters. The van der Waals surface area contributed by atoms with E-state index < -0.39 is 54.3 Å². The largest absolute Gasteiger partial charge is 0.481 e. The maximum Gasteiger partial charge on any atom is 0.326 e. The minimum atomic E-state index is -1.48. The topological polar surface area (TPSA) is 179 Å². The van der Waals surface area contributed by atoms with E-state index in [1.54, 1.807) is 13.8 Å². The highest BCUT2D eigenvalue weighted by Crippen LogP contribution is 2.21. The zero-order chi connectivity index (χ0) is 24.6. The van der Waals surface area contributed by atoms with Crippen molar-refractivity contribution in [2.45, 2.75) is 84.0 Å². The summed E-state index contributed by atoms with van der Waals surface area (Å²) >= 11 is 0. The zero-order valence-corrected chi connectivity index (χ0v) is 19.2. The van der Waals surface area contributed by atoms with E-state index in [0.717, 1.165) is 0 Å². The Labute approximate surface area is 188 Å². The first-order valence-corrected chi connectivity index (χ1v) is 11.0. The molecule has 1 aliphatic rings. The van der Waals surface area contributed by atoms with E-state index in [4.69, 9.17) is 5.73 Å². The molecule has 1 saturated heterocycles. The summed E-state index contributed by atoms with van der Waals surface area (Å²) in [7, 11) is 0. The summed E-state index contributed by atoms with van der Waals surface area (Å²) < 4.78 is 0. The lowest BCUT2D eigenvalue weighted by Gasteiger charge is -2.30. The van der Waals surface area contributed by atoms with Gasteiger partial charge in [0.25, 0.3) is 0 Å². The number of rotatable bonds is 12. The van der Waals surface area contributed by atoms with Crippen molar-refractivity contribution in [1.29, 1.82) is 0 Å². The molecule has 0 saturated carbocycles. The maximum atomic E-state index is 12.9. The second-order valence-corrected chi connectivity index (χ2v) is 8.79. The summed E-state index contributed by atoms with van der Waals surface area (Å²) in [6.07, 6.45) is 1.05. The van der Waals surface area contributed by atoms with Crippen molar-refractivity contribution in [3.05, 3.63) is 0 Å². The molecule has 32 heavy (non-hydrogen) atoms. The van der Waals surface area contributed by atoms with Crippen molar-refractivity contribution >= 4 is 29.7 Å². The number of carbonyl (C=O) groups is 5. The zero-order valence-electron chi connectivity index (χ0n) is 19.2. The summed E-state index contributed by atoms with van der Waals surface area (Å²) in [5, 5.41) is 23.2. The molecule has 11 nitrogen and oxygen atoms in total. The van der Waals surface area contributed by atoms with Gasteiger partial charge in [0, 0.05) is 6.54 Å². The average molecular weight is 457 g/mol. The number of aliphatic carboxylic acids is 2. The van der Waals surface area contributed by atoms with Gasteiger partial charge in [-0.05, 0) is 31.1 Å². The van der Waals surface area contributed by atoms with Gasteiger partial charge in [-0.3, -0.25) is 19.2 Å². The molecular weight excluding hydrogens is 420 g/mol. The Hall–Kier alpha value is -2.69. The van der Waals surface area contributed by atoms with Crippen LogP contribution in [0.5, 0.6) is 0 Å². The number of nitrogens with one attached hydrogen (secondary N) is 2. The molecule has 11 heteroatoms. The van der Waals surface area contributed by atoms with Crippen molar-refractivity contribution in [3.8, 4) is 0 Å². The normalized spacial score (nSPS) is 19.7. The maximum absolute atomic E-state index is 12.9. The Morgan fingerprint density at radius 1 is 1.06 bits per heavy atom. The van der Waals surface area contributed by atoms with Gasteiger partial charge in [-0.25, -0.2) is 4.79 Å². The molecular formula is C21H36N4O7. The van der Waals surface area contributed by atoms with Crippen molar-refractivity contribution in [2.24, 2.45) is 17.6 Å². The van der Waals surface area contributed by atoms with Gasteiger partial charge in [-0.15, -0.1) is 0 Å². The summed E-state index contributed by atoms with van der Waals surface area (Å²) in [5.41, 5.74) is 6.03. The number of likely N-dealkylation sites (tertiary alicyclic amines) is 1. The Kier molecular flexibility index (Phi) is 10.6. The van der Waals surface area contributed by atoms with Crippen molar-refractivity contribution in [1.82, 2.24) is 15.5 Å². The van der Waals surface area contributed by atoms with Gasteiger partial charge in [0.1, 0.15) is 18.1 Å². The van der Waals surface area contributed by atoms with E-state index in [2.05, 4.69) is 10.6 Å². The molecule has 1 rings (SSSR count).